The molecule has 1 aromatic carbocycles. The van der Waals surface area contributed by atoms with Gasteiger partial charge in [0.15, 0.2) is 5.82 Å². The summed E-state index contributed by atoms with van der Waals surface area (Å²) in [5.41, 5.74) is 2.63. The van der Waals surface area contributed by atoms with Crippen LogP contribution in [0.15, 0.2) is 24.3 Å². The maximum atomic E-state index is 12.3. The third-order valence-electron chi connectivity index (χ3n) is 3.41. The molecule has 0 aliphatic carbocycles. The van der Waals surface area contributed by atoms with E-state index in [1.54, 1.807) is 11.7 Å². The lowest BCUT2D eigenvalue weighted by Crippen LogP contribution is -2.28. The van der Waals surface area contributed by atoms with Crippen LogP contribution in [-0.4, -0.2) is 31.1 Å². The molecule has 2 heterocycles. The van der Waals surface area contributed by atoms with Gasteiger partial charge >= 0.3 is 0 Å². The number of hydrogen-bond acceptors (Lipinski definition) is 4. The molecule has 0 spiro atoms. The normalized spacial score (nSPS) is 12.5. The van der Waals surface area contributed by atoms with Gasteiger partial charge in [-0.1, -0.05) is 12.1 Å². The lowest BCUT2D eigenvalue weighted by molar-refractivity contribution is 0.0933. The molecule has 2 aromatic heterocycles. The fourth-order valence-corrected chi connectivity index (χ4v) is 2.31. The number of aromatic nitrogens is 5. The molecule has 3 aromatic rings. The molecule has 3 rings (SSSR count). The van der Waals surface area contributed by atoms with Crippen LogP contribution in [0.4, 0.5) is 0 Å². The molecular weight excluding hydrogens is 268 g/mol. The highest BCUT2D eigenvalue weighted by atomic mass is 16.2. The fraction of sp³-hybridized carbons (Fsp3) is 0.286. The molecule has 0 radical (unpaired) electrons. The summed E-state index contributed by atoms with van der Waals surface area (Å²) in [6.45, 7) is 3.86. The van der Waals surface area contributed by atoms with Gasteiger partial charge in [0.25, 0.3) is 5.91 Å². The Morgan fingerprint density at radius 2 is 2.19 bits per heavy atom. The van der Waals surface area contributed by atoms with Crippen LogP contribution in [0.25, 0.3) is 10.9 Å². The Labute approximate surface area is 121 Å². The van der Waals surface area contributed by atoms with Crippen molar-refractivity contribution in [1.82, 2.24) is 30.5 Å². The van der Waals surface area contributed by atoms with E-state index in [-0.39, 0.29) is 11.9 Å². The van der Waals surface area contributed by atoms with Crippen LogP contribution in [-0.2, 0) is 7.05 Å². The van der Waals surface area contributed by atoms with Crippen molar-refractivity contribution in [1.29, 1.82) is 0 Å². The van der Waals surface area contributed by atoms with Crippen molar-refractivity contribution >= 4 is 16.8 Å². The average Bonchev–Trinajstić information content (AvgIpc) is 3.04. The van der Waals surface area contributed by atoms with Gasteiger partial charge in [0, 0.05) is 18.0 Å². The number of aromatic amines is 1. The van der Waals surface area contributed by atoms with E-state index >= 15 is 0 Å². The highest BCUT2D eigenvalue weighted by Crippen LogP contribution is 2.17. The molecule has 0 aliphatic rings. The second-order valence-electron chi connectivity index (χ2n) is 5.13. The van der Waals surface area contributed by atoms with E-state index < -0.39 is 0 Å². The smallest absolute Gasteiger partial charge is 0.268 e. The number of carbonyl (C=O) groups is 1. The summed E-state index contributed by atoms with van der Waals surface area (Å²) in [7, 11) is 1.74. The zero-order valence-electron chi connectivity index (χ0n) is 12.1. The first kappa shape index (κ1) is 13.3. The van der Waals surface area contributed by atoms with E-state index in [1.807, 2.05) is 38.1 Å². The van der Waals surface area contributed by atoms with E-state index in [1.165, 1.54) is 0 Å². The maximum absolute atomic E-state index is 12.3. The van der Waals surface area contributed by atoms with Crippen molar-refractivity contribution < 1.29 is 4.79 Å². The van der Waals surface area contributed by atoms with Gasteiger partial charge in [0.2, 0.25) is 0 Å². The number of nitrogens with one attached hydrogen (secondary N) is 2. The Morgan fingerprint density at radius 1 is 1.38 bits per heavy atom. The van der Waals surface area contributed by atoms with Crippen LogP contribution in [0.3, 0.4) is 0 Å². The van der Waals surface area contributed by atoms with Gasteiger partial charge < -0.3 is 10.3 Å². The molecule has 2 N–H and O–H groups in total. The molecule has 0 saturated heterocycles. The number of aryl methyl sites for hydroxylation is 2. The zero-order chi connectivity index (χ0) is 15.0. The molecule has 7 nitrogen and oxygen atoms in total. The van der Waals surface area contributed by atoms with Crippen LogP contribution >= 0.6 is 0 Å². The Morgan fingerprint density at radius 3 is 2.90 bits per heavy atom. The number of H-pyrrole nitrogens is 1. The minimum Gasteiger partial charge on any atom is -0.351 e. The van der Waals surface area contributed by atoms with E-state index in [0.717, 1.165) is 16.5 Å². The predicted octanol–water partition coefficient (Wildman–Crippen LogP) is 1.49. The van der Waals surface area contributed by atoms with E-state index in [4.69, 9.17) is 0 Å². The number of carbonyl (C=O) groups excluding carboxylic acids is 1. The third kappa shape index (κ3) is 2.49. The second kappa shape index (κ2) is 5.01. The molecule has 1 amide bonds. The summed E-state index contributed by atoms with van der Waals surface area (Å²) >= 11 is 0. The molecule has 0 saturated carbocycles. The minimum atomic E-state index is -0.273. The van der Waals surface area contributed by atoms with Gasteiger partial charge in [-0.05, 0) is 42.0 Å². The first-order valence-electron chi connectivity index (χ1n) is 6.67. The Balaban J connectivity index is 1.82. The van der Waals surface area contributed by atoms with Gasteiger partial charge in [-0.2, -0.15) is 0 Å². The van der Waals surface area contributed by atoms with Gasteiger partial charge in [0.1, 0.15) is 5.69 Å². The zero-order valence-corrected chi connectivity index (χ0v) is 12.1. The Hall–Kier alpha value is -2.70. The highest BCUT2D eigenvalue weighted by molar-refractivity contribution is 5.98. The summed E-state index contributed by atoms with van der Waals surface area (Å²) in [4.78, 5) is 15.4. The van der Waals surface area contributed by atoms with Crippen LogP contribution < -0.4 is 5.32 Å². The topological polar surface area (TPSA) is 88.5 Å². The van der Waals surface area contributed by atoms with Gasteiger partial charge in [-0.3, -0.25) is 4.79 Å². The number of benzene rings is 1. The Bertz CT molecular complexity index is 803. The molecule has 0 aliphatic heterocycles. The van der Waals surface area contributed by atoms with E-state index in [0.29, 0.717) is 11.5 Å². The molecule has 0 bridgehead atoms. The molecule has 1 unspecified atom stereocenters. The summed E-state index contributed by atoms with van der Waals surface area (Å²) in [5.74, 6) is 0.426. The molecule has 7 heteroatoms. The Kier molecular flexibility index (Phi) is 3.17. The van der Waals surface area contributed by atoms with Crippen LogP contribution in [0, 0.1) is 6.92 Å². The molecule has 108 valence electrons. The first-order chi connectivity index (χ1) is 10.0. The number of fused-ring (bicyclic) bond motifs is 1. The van der Waals surface area contributed by atoms with Crippen molar-refractivity contribution in [3.8, 4) is 0 Å². The lowest BCUT2D eigenvalue weighted by Gasteiger charge is -2.11. The SMILES string of the molecule is Cc1ccc2cc(C(=O)NC(C)c3nnnn3C)[nH]c2c1. The second-order valence-corrected chi connectivity index (χ2v) is 5.13. The predicted molar refractivity (Wildman–Crippen MR) is 77.7 cm³/mol. The largest absolute Gasteiger partial charge is 0.351 e. The van der Waals surface area contributed by atoms with Gasteiger partial charge in [-0.25, -0.2) is 4.68 Å². The number of nitrogens with zero attached hydrogens (tertiary/aromatic N) is 4. The number of rotatable bonds is 3. The first-order valence-corrected chi connectivity index (χ1v) is 6.67. The quantitative estimate of drug-likeness (QED) is 0.762. The van der Waals surface area contributed by atoms with Gasteiger partial charge in [0.05, 0.1) is 6.04 Å². The average molecular weight is 284 g/mol. The summed E-state index contributed by atoms with van der Waals surface area (Å²) in [5, 5.41) is 15.1. The third-order valence-corrected chi connectivity index (χ3v) is 3.41. The lowest BCUT2D eigenvalue weighted by atomic mass is 10.2. The monoisotopic (exact) mass is 284 g/mol. The molecular formula is C14H16N6O. The van der Waals surface area contributed by atoms with E-state index in [9.17, 15) is 4.79 Å². The van der Waals surface area contributed by atoms with Crippen molar-refractivity contribution in [2.45, 2.75) is 19.9 Å². The standard InChI is InChI=1S/C14H16N6O/c1-8-4-5-10-7-12(16-11(10)6-8)14(21)15-9(2)13-17-18-19-20(13)3/h4-7,9,16H,1-3H3,(H,15,21). The molecule has 21 heavy (non-hydrogen) atoms. The summed E-state index contributed by atoms with van der Waals surface area (Å²) in [6.07, 6.45) is 0. The van der Waals surface area contributed by atoms with Crippen molar-refractivity contribution in [3.63, 3.8) is 0 Å². The van der Waals surface area contributed by atoms with Crippen molar-refractivity contribution in [2.75, 3.05) is 0 Å². The summed E-state index contributed by atoms with van der Waals surface area (Å²) in [6, 6.07) is 7.60. The number of hydrogen-bond donors (Lipinski definition) is 2. The maximum Gasteiger partial charge on any atom is 0.268 e. The van der Waals surface area contributed by atoms with Crippen LogP contribution in [0.2, 0.25) is 0 Å². The fourth-order valence-electron chi connectivity index (χ4n) is 2.31. The van der Waals surface area contributed by atoms with Crippen LogP contribution in [0.5, 0.6) is 0 Å². The number of tetrazole rings is 1. The van der Waals surface area contributed by atoms with E-state index in [2.05, 4.69) is 25.8 Å². The molecule has 0 fully saturated rings. The van der Waals surface area contributed by atoms with Crippen molar-refractivity contribution in [3.05, 3.63) is 41.3 Å². The highest BCUT2D eigenvalue weighted by Gasteiger charge is 2.17. The van der Waals surface area contributed by atoms with Crippen LogP contribution in [0.1, 0.15) is 34.8 Å². The number of amides is 1. The van der Waals surface area contributed by atoms with Crippen molar-refractivity contribution in [2.24, 2.45) is 7.05 Å². The molecule has 1 atom stereocenters. The van der Waals surface area contributed by atoms with Gasteiger partial charge in [-0.15, -0.1) is 5.10 Å². The summed E-state index contributed by atoms with van der Waals surface area (Å²) < 4.78 is 1.54. The minimum absolute atomic E-state index is 0.181.